The quantitative estimate of drug-likeness (QED) is 0.454. The SMILES string of the molecule is N#CC#Cc1cccc(C=O)c1. The van der Waals surface area contributed by atoms with Crippen LogP contribution in [-0.2, 0) is 0 Å². The predicted molar refractivity (Wildman–Crippen MR) is 44.3 cm³/mol. The van der Waals surface area contributed by atoms with Crippen molar-refractivity contribution in [3.05, 3.63) is 35.4 Å². The molecule has 0 aliphatic carbocycles. The van der Waals surface area contributed by atoms with Crippen LogP contribution in [0.3, 0.4) is 0 Å². The highest BCUT2D eigenvalue weighted by atomic mass is 16.1. The molecule has 0 heterocycles. The van der Waals surface area contributed by atoms with Crippen LogP contribution >= 0.6 is 0 Å². The molecule has 0 radical (unpaired) electrons. The van der Waals surface area contributed by atoms with Gasteiger partial charge in [0, 0.05) is 17.0 Å². The van der Waals surface area contributed by atoms with Crippen molar-refractivity contribution in [1.82, 2.24) is 0 Å². The summed E-state index contributed by atoms with van der Waals surface area (Å²) in [4.78, 5) is 10.3. The molecule has 0 amide bonds. The van der Waals surface area contributed by atoms with Crippen LogP contribution < -0.4 is 0 Å². The molecule has 0 aliphatic heterocycles. The van der Waals surface area contributed by atoms with Crippen LogP contribution in [0.1, 0.15) is 15.9 Å². The van der Waals surface area contributed by atoms with E-state index in [9.17, 15) is 4.79 Å². The minimum Gasteiger partial charge on any atom is -0.298 e. The lowest BCUT2D eigenvalue weighted by Crippen LogP contribution is -1.80. The maximum atomic E-state index is 10.3. The lowest BCUT2D eigenvalue weighted by molar-refractivity contribution is 0.112. The van der Waals surface area contributed by atoms with E-state index in [1.807, 2.05) is 0 Å². The fourth-order valence-electron chi connectivity index (χ4n) is 0.790. The predicted octanol–water partition coefficient (Wildman–Crippen LogP) is 1.37. The molecular formula is C10H5NO. The Labute approximate surface area is 70.4 Å². The molecule has 0 atom stereocenters. The second-order valence-corrected chi connectivity index (χ2v) is 2.11. The van der Waals surface area contributed by atoms with Gasteiger partial charge in [0.15, 0.2) is 6.07 Å². The zero-order valence-corrected chi connectivity index (χ0v) is 6.24. The summed E-state index contributed by atoms with van der Waals surface area (Å²) < 4.78 is 0. The molecule has 2 nitrogen and oxygen atoms in total. The number of carbonyl (C=O) groups excluding carboxylic acids is 1. The van der Waals surface area contributed by atoms with Gasteiger partial charge in [0.25, 0.3) is 0 Å². The minimum absolute atomic E-state index is 0.569. The molecule has 0 unspecified atom stereocenters. The maximum absolute atomic E-state index is 10.3. The fraction of sp³-hybridized carbons (Fsp3) is 0. The summed E-state index contributed by atoms with van der Waals surface area (Å²) in [5.74, 6) is 4.85. The van der Waals surface area contributed by atoms with Crippen molar-refractivity contribution in [2.45, 2.75) is 0 Å². The summed E-state index contributed by atoms with van der Waals surface area (Å²) in [7, 11) is 0. The molecule has 1 aromatic rings. The van der Waals surface area contributed by atoms with Crippen LogP contribution in [-0.4, -0.2) is 6.29 Å². The van der Waals surface area contributed by atoms with Gasteiger partial charge in [0.05, 0.1) is 0 Å². The van der Waals surface area contributed by atoms with Gasteiger partial charge in [-0.1, -0.05) is 18.1 Å². The highest BCUT2D eigenvalue weighted by Crippen LogP contribution is 2.00. The second-order valence-electron chi connectivity index (χ2n) is 2.11. The van der Waals surface area contributed by atoms with Crippen molar-refractivity contribution < 1.29 is 4.79 Å². The van der Waals surface area contributed by atoms with Gasteiger partial charge in [0.1, 0.15) is 6.29 Å². The summed E-state index contributed by atoms with van der Waals surface area (Å²) in [6, 6.07) is 8.50. The lowest BCUT2D eigenvalue weighted by Gasteiger charge is -1.89. The summed E-state index contributed by atoms with van der Waals surface area (Å²) >= 11 is 0. The summed E-state index contributed by atoms with van der Waals surface area (Å²) in [6.45, 7) is 0. The number of benzene rings is 1. The van der Waals surface area contributed by atoms with E-state index >= 15 is 0 Å². The number of hydrogen-bond donors (Lipinski definition) is 0. The first kappa shape index (κ1) is 8.04. The van der Waals surface area contributed by atoms with E-state index in [1.165, 1.54) is 0 Å². The van der Waals surface area contributed by atoms with Gasteiger partial charge in [-0.25, -0.2) is 0 Å². The smallest absolute Gasteiger partial charge is 0.152 e. The van der Waals surface area contributed by atoms with Crippen LogP contribution in [0, 0.1) is 23.2 Å². The normalized spacial score (nSPS) is 7.58. The van der Waals surface area contributed by atoms with Gasteiger partial charge >= 0.3 is 0 Å². The van der Waals surface area contributed by atoms with Gasteiger partial charge in [-0.15, -0.1) is 0 Å². The van der Waals surface area contributed by atoms with Gasteiger partial charge in [-0.3, -0.25) is 4.79 Å². The van der Waals surface area contributed by atoms with E-state index in [0.717, 1.165) is 6.29 Å². The monoisotopic (exact) mass is 155 g/mol. The highest BCUT2D eigenvalue weighted by Gasteiger charge is 1.89. The number of nitriles is 1. The summed E-state index contributed by atoms with van der Waals surface area (Å²) in [5.41, 5.74) is 1.25. The number of aldehydes is 1. The van der Waals surface area contributed by atoms with Gasteiger partial charge in [-0.2, -0.15) is 5.26 Å². The van der Waals surface area contributed by atoms with Crippen molar-refractivity contribution in [2.24, 2.45) is 0 Å². The van der Waals surface area contributed by atoms with Gasteiger partial charge in [-0.05, 0) is 12.1 Å². The largest absolute Gasteiger partial charge is 0.298 e. The molecule has 0 N–H and O–H groups in total. The van der Waals surface area contributed by atoms with Crippen LogP contribution in [0.4, 0.5) is 0 Å². The molecule has 0 spiro atoms. The maximum Gasteiger partial charge on any atom is 0.152 e. The Kier molecular flexibility index (Phi) is 2.65. The molecule has 56 valence electrons. The Morgan fingerprint density at radius 2 is 2.25 bits per heavy atom. The van der Waals surface area contributed by atoms with Crippen molar-refractivity contribution >= 4 is 6.29 Å². The lowest BCUT2D eigenvalue weighted by atomic mass is 10.1. The molecule has 0 saturated heterocycles. The Morgan fingerprint density at radius 1 is 1.42 bits per heavy atom. The van der Waals surface area contributed by atoms with E-state index < -0.39 is 0 Å². The number of rotatable bonds is 1. The minimum atomic E-state index is 0.569. The molecule has 2 heteroatoms. The Balaban J connectivity index is 3.03. The van der Waals surface area contributed by atoms with Crippen LogP contribution in [0.25, 0.3) is 0 Å². The Hall–Kier alpha value is -2.06. The molecule has 0 aliphatic rings. The molecule has 1 rings (SSSR count). The van der Waals surface area contributed by atoms with E-state index in [-0.39, 0.29) is 0 Å². The zero-order chi connectivity index (χ0) is 8.81. The summed E-state index contributed by atoms with van der Waals surface area (Å²) in [5, 5.41) is 8.16. The van der Waals surface area contributed by atoms with Gasteiger partial charge in [0.2, 0.25) is 0 Å². The van der Waals surface area contributed by atoms with E-state index in [4.69, 9.17) is 5.26 Å². The second kappa shape index (κ2) is 3.95. The van der Waals surface area contributed by atoms with Crippen molar-refractivity contribution in [2.75, 3.05) is 0 Å². The highest BCUT2D eigenvalue weighted by molar-refractivity contribution is 5.75. The Morgan fingerprint density at radius 3 is 2.92 bits per heavy atom. The third-order valence-electron chi connectivity index (χ3n) is 1.29. The number of carbonyl (C=O) groups is 1. The molecule has 0 saturated carbocycles. The van der Waals surface area contributed by atoms with E-state index in [2.05, 4.69) is 11.8 Å². The molecule has 0 aromatic heterocycles. The van der Waals surface area contributed by atoms with Crippen molar-refractivity contribution in [1.29, 1.82) is 5.26 Å². The average molecular weight is 155 g/mol. The van der Waals surface area contributed by atoms with Crippen LogP contribution in [0.5, 0.6) is 0 Å². The summed E-state index contributed by atoms with van der Waals surface area (Å²) in [6.07, 6.45) is 0.748. The first-order valence-electron chi connectivity index (χ1n) is 3.32. The fourth-order valence-corrected chi connectivity index (χ4v) is 0.790. The van der Waals surface area contributed by atoms with E-state index in [1.54, 1.807) is 30.3 Å². The molecule has 0 bridgehead atoms. The standard InChI is InChI=1S/C10H5NO/c11-6-2-5-9-3-1-4-10(7-9)8-12/h1,3-4,7-8H. The molecule has 0 fully saturated rings. The zero-order valence-electron chi connectivity index (χ0n) is 6.24. The third-order valence-corrected chi connectivity index (χ3v) is 1.29. The molecule has 1 aromatic carbocycles. The van der Waals surface area contributed by atoms with Crippen LogP contribution in [0.2, 0.25) is 0 Å². The topological polar surface area (TPSA) is 40.9 Å². The number of hydrogen-bond acceptors (Lipinski definition) is 2. The average Bonchev–Trinajstić information content (AvgIpc) is 2.15. The Bertz CT molecular complexity index is 390. The number of nitrogens with zero attached hydrogens (tertiary/aromatic N) is 1. The first-order chi connectivity index (χ1) is 5.86. The molecular weight excluding hydrogens is 150 g/mol. The van der Waals surface area contributed by atoms with Gasteiger partial charge < -0.3 is 0 Å². The van der Waals surface area contributed by atoms with E-state index in [0.29, 0.717) is 11.1 Å². The molecule has 12 heavy (non-hydrogen) atoms. The van der Waals surface area contributed by atoms with Crippen molar-refractivity contribution in [3.8, 4) is 17.9 Å². The third kappa shape index (κ3) is 1.97. The van der Waals surface area contributed by atoms with Crippen LogP contribution in [0.15, 0.2) is 24.3 Å². The van der Waals surface area contributed by atoms with Crippen molar-refractivity contribution in [3.63, 3.8) is 0 Å². The first-order valence-corrected chi connectivity index (χ1v) is 3.32.